The van der Waals surface area contributed by atoms with Crippen LogP contribution in [0.1, 0.15) is 9.75 Å². The van der Waals surface area contributed by atoms with Crippen LogP contribution in [0.15, 0.2) is 15.7 Å². The summed E-state index contributed by atoms with van der Waals surface area (Å²) in [6, 6.07) is 1.99. The van der Waals surface area contributed by atoms with Gasteiger partial charge in [0.05, 0.1) is 11.1 Å². The zero-order valence-electron chi connectivity index (χ0n) is 5.34. The Morgan fingerprint density at radius 3 is 2.90 bits per heavy atom. The van der Waals surface area contributed by atoms with Gasteiger partial charge in [0.25, 0.3) is 0 Å². The zero-order valence-corrected chi connectivity index (χ0v) is 7.74. The summed E-state index contributed by atoms with van der Waals surface area (Å²) >= 11 is 4.91. The van der Waals surface area contributed by atoms with Crippen molar-refractivity contribution in [1.82, 2.24) is 0 Å². The molecule has 1 aromatic heterocycles. The maximum atomic E-state index is 8.21. The molecule has 2 nitrogen and oxygen atoms in total. The Hall–Kier alpha value is -0.350. The second-order valence-electron chi connectivity index (χ2n) is 1.81. The molecular weight excluding hydrogens is 214 g/mol. The molecule has 0 aromatic carbocycles. The molecule has 0 atom stereocenters. The van der Waals surface area contributed by atoms with Gasteiger partial charge in [0, 0.05) is 9.35 Å². The Morgan fingerprint density at radius 2 is 2.50 bits per heavy atom. The average Bonchev–Trinajstić information content (AvgIpc) is 2.13. The Morgan fingerprint density at radius 1 is 1.80 bits per heavy atom. The minimum absolute atomic E-state index is 0.944. The van der Waals surface area contributed by atoms with Crippen LogP contribution >= 0.6 is 27.3 Å². The van der Waals surface area contributed by atoms with Gasteiger partial charge in [0.1, 0.15) is 0 Å². The fourth-order valence-corrected chi connectivity index (χ4v) is 2.26. The highest BCUT2D eigenvalue weighted by molar-refractivity contribution is 9.10. The molecule has 10 heavy (non-hydrogen) atoms. The summed E-state index contributed by atoms with van der Waals surface area (Å²) in [5, 5.41) is 11.1. The molecule has 1 heterocycles. The lowest BCUT2D eigenvalue weighted by Crippen LogP contribution is -1.71. The first-order valence-electron chi connectivity index (χ1n) is 2.67. The molecule has 0 bridgehead atoms. The molecule has 0 amide bonds. The molecule has 54 valence electrons. The number of hydrogen-bond donors (Lipinski definition) is 1. The fraction of sp³-hybridized carbons (Fsp3) is 0.167. The summed E-state index contributed by atoms with van der Waals surface area (Å²) in [5.41, 5.74) is 0. The molecule has 0 fully saturated rings. The highest BCUT2D eigenvalue weighted by atomic mass is 79.9. The van der Waals surface area contributed by atoms with Crippen LogP contribution < -0.4 is 0 Å². The van der Waals surface area contributed by atoms with Crippen LogP contribution in [-0.2, 0) is 0 Å². The Bertz CT molecular complexity index is 256. The number of rotatable bonds is 1. The first kappa shape index (κ1) is 7.75. The van der Waals surface area contributed by atoms with Gasteiger partial charge in [-0.1, -0.05) is 5.16 Å². The van der Waals surface area contributed by atoms with E-state index in [-0.39, 0.29) is 0 Å². The van der Waals surface area contributed by atoms with Crippen molar-refractivity contribution in [2.45, 2.75) is 6.92 Å². The van der Waals surface area contributed by atoms with Crippen molar-refractivity contribution in [3.63, 3.8) is 0 Å². The number of nitrogens with zero attached hydrogens (tertiary/aromatic N) is 1. The lowest BCUT2D eigenvalue weighted by Gasteiger charge is -1.81. The van der Waals surface area contributed by atoms with Crippen LogP contribution in [0, 0.1) is 6.92 Å². The summed E-state index contributed by atoms with van der Waals surface area (Å²) in [6.45, 7) is 2.00. The molecule has 1 N–H and O–H groups in total. The van der Waals surface area contributed by atoms with Crippen LogP contribution in [0.4, 0.5) is 0 Å². The van der Waals surface area contributed by atoms with Crippen molar-refractivity contribution in [1.29, 1.82) is 0 Å². The molecule has 0 unspecified atom stereocenters. The molecule has 0 saturated heterocycles. The minimum Gasteiger partial charge on any atom is -0.411 e. The van der Waals surface area contributed by atoms with Crippen LogP contribution in [0.2, 0.25) is 0 Å². The summed E-state index contributed by atoms with van der Waals surface area (Å²) in [4.78, 5) is 2.14. The molecule has 4 heteroatoms. The van der Waals surface area contributed by atoms with Gasteiger partial charge in [0.2, 0.25) is 0 Å². The van der Waals surface area contributed by atoms with Gasteiger partial charge in [0.15, 0.2) is 0 Å². The number of oxime groups is 1. The maximum absolute atomic E-state index is 8.21. The van der Waals surface area contributed by atoms with E-state index in [4.69, 9.17) is 5.21 Å². The summed E-state index contributed by atoms with van der Waals surface area (Å²) in [5.74, 6) is 0. The molecule has 0 spiro atoms. The van der Waals surface area contributed by atoms with Crippen molar-refractivity contribution in [3.05, 3.63) is 20.3 Å². The third-order valence-corrected chi connectivity index (χ3v) is 2.91. The first-order chi connectivity index (χ1) is 4.74. The van der Waals surface area contributed by atoms with Gasteiger partial charge in [-0.15, -0.1) is 11.3 Å². The third-order valence-electron chi connectivity index (χ3n) is 1.01. The highest BCUT2D eigenvalue weighted by Gasteiger charge is 2.00. The Balaban J connectivity index is 3.03. The van der Waals surface area contributed by atoms with Crippen molar-refractivity contribution in [3.8, 4) is 0 Å². The third kappa shape index (κ3) is 1.58. The normalized spacial score (nSPS) is 11.0. The van der Waals surface area contributed by atoms with E-state index in [1.807, 2.05) is 13.0 Å². The van der Waals surface area contributed by atoms with Crippen LogP contribution in [-0.4, -0.2) is 11.4 Å². The monoisotopic (exact) mass is 219 g/mol. The number of halogens is 1. The van der Waals surface area contributed by atoms with Crippen molar-refractivity contribution >= 4 is 33.5 Å². The molecule has 0 radical (unpaired) electrons. The molecule has 0 saturated carbocycles. The lowest BCUT2D eigenvalue weighted by atomic mass is 10.4. The molecule has 1 aromatic rings. The van der Waals surface area contributed by atoms with Gasteiger partial charge < -0.3 is 5.21 Å². The molecule has 0 aliphatic carbocycles. The van der Waals surface area contributed by atoms with Crippen molar-refractivity contribution in [2.75, 3.05) is 0 Å². The molecule has 0 aliphatic rings. The second-order valence-corrected chi connectivity index (χ2v) is 3.96. The van der Waals surface area contributed by atoms with E-state index < -0.39 is 0 Å². The zero-order chi connectivity index (χ0) is 7.56. The summed E-state index contributed by atoms with van der Waals surface area (Å²) in [6.07, 6.45) is 1.42. The van der Waals surface area contributed by atoms with Crippen LogP contribution in [0.3, 0.4) is 0 Å². The van der Waals surface area contributed by atoms with Gasteiger partial charge in [-0.2, -0.15) is 0 Å². The van der Waals surface area contributed by atoms with E-state index in [9.17, 15) is 0 Å². The van der Waals surface area contributed by atoms with Crippen LogP contribution in [0.5, 0.6) is 0 Å². The van der Waals surface area contributed by atoms with E-state index in [1.54, 1.807) is 11.3 Å². The topological polar surface area (TPSA) is 32.6 Å². The SMILES string of the molecule is Cc1cc(Br)c(/C=N/O)s1. The quantitative estimate of drug-likeness (QED) is 0.440. The largest absolute Gasteiger partial charge is 0.411 e. The predicted molar refractivity (Wildman–Crippen MR) is 46.1 cm³/mol. The van der Waals surface area contributed by atoms with E-state index >= 15 is 0 Å². The van der Waals surface area contributed by atoms with Gasteiger partial charge in [-0.05, 0) is 28.9 Å². The molecule has 1 rings (SSSR count). The standard InChI is InChI=1S/C6H6BrNOS/c1-4-2-5(7)6(10-4)3-8-9/h2-3,9H,1H3/b8-3+. The number of aryl methyl sites for hydroxylation is 1. The van der Waals surface area contributed by atoms with Crippen molar-refractivity contribution < 1.29 is 5.21 Å². The van der Waals surface area contributed by atoms with E-state index in [2.05, 4.69) is 21.1 Å². The Kier molecular flexibility index (Phi) is 2.45. The minimum atomic E-state index is 0.944. The smallest absolute Gasteiger partial charge is 0.0845 e. The predicted octanol–water partition coefficient (Wildman–Crippen LogP) is 2.63. The number of hydrogen-bond acceptors (Lipinski definition) is 3. The fourth-order valence-electron chi connectivity index (χ4n) is 0.642. The Labute approximate surface area is 71.3 Å². The van der Waals surface area contributed by atoms with Gasteiger partial charge >= 0.3 is 0 Å². The summed E-state index contributed by atoms with van der Waals surface area (Å²) in [7, 11) is 0. The summed E-state index contributed by atoms with van der Waals surface area (Å²) < 4.78 is 0.979. The highest BCUT2D eigenvalue weighted by Crippen LogP contribution is 2.24. The van der Waals surface area contributed by atoms with E-state index in [0.717, 1.165) is 9.35 Å². The number of thiophene rings is 1. The van der Waals surface area contributed by atoms with Crippen LogP contribution in [0.25, 0.3) is 0 Å². The maximum Gasteiger partial charge on any atom is 0.0845 e. The molecular formula is C6H6BrNOS. The average molecular weight is 220 g/mol. The lowest BCUT2D eigenvalue weighted by molar-refractivity contribution is 0.322. The van der Waals surface area contributed by atoms with Gasteiger partial charge in [-0.25, -0.2) is 0 Å². The van der Waals surface area contributed by atoms with Crippen molar-refractivity contribution in [2.24, 2.45) is 5.16 Å². The van der Waals surface area contributed by atoms with Gasteiger partial charge in [-0.3, -0.25) is 0 Å². The second kappa shape index (κ2) is 3.16. The van der Waals surface area contributed by atoms with E-state index in [0.29, 0.717) is 0 Å². The molecule has 0 aliphatic heterocycles. The first-order valence-corrected chi connectivity index (χ1v) is 4.28. The van der Waals surface area contributed by atoms with E-state index in [1.165, 1.54) is 11.1 Å².